The van der Waals surface area contributed by atoms with E-state index in [4.69, 9.17) is 0 Å². The Bertz CT molecular complexity index is 819. The van der Waals surface area contributed by atoms with Crippen LogP contribution in [0.25, 0.3) is 0 Å². The third kappa shape index (κ3) is 4.91. The van der Waals surface area contributed by atoms with Crippen LogP contribution in [-0.4, -0.2) is 27.9 Å². The summed E-state index contributed by atoms with van der Waals surface area (Å²) < 4.78 is 0. The zero-order valence-corrected chi connectivity index (χ0v) is 16.3. The molecule has 0 aliphatic rings. The van der Waals surface area contributed by atoms with Crippen molar-refractivity contribution in [2.75, 3.05) is 5.32 Å². The molecule has 1 heterocycles. The highest BCUT2D eigenvalue weighted by Crippen LogP contribution is 2.26. The number of rotatable bonds is 8. The molecule has 0 spiro atoms. The average Bonchev–Trinajstić information content (AvgIpc) is 3.06. The van der Waals surface area contributed by atoms with E-state index in [0.717, 1.165) is 0 Å². The number of aliphatic carboxylic acids is 1. The van der Waals surface area contributed by atoms with E-state index < -0.39 is 17.4 Å². The molecule has 0 saturated heterocycles. The number of amides is 2. The van der Waals surface area contributed by atoms with Gasteiger partial charge in [0.2, 0.25) is 11.8 Å². The molecule has 0 aliphatic carbocycles. The average molecular weight is 389 g/mol. The summed E-state index contributed by atoms with van der Waals surface area (Å²) in [5.74, 6) is -1.89. The Morgan fingerprint density at radius 2 is 1.89 bits per heavy atom. The van der Waals surface area contributed by atoms with E-state index in [1.54, 1.807) is 56.5 Å². The molecule has 144 valence electrons. The van der Waals surface area contributed by atoms with E-state index in [0.29, 0.717) is 16.4 Å². The van der Waals surface area contributed by atoms with Crippen LogP contribution in [-0.2, 0) is 26.3 Å². The Morgan fingerprint density at radius 1 is 1.22 bits per heavy atom. The standard InChI is InChI=1S/C19H23N3O4S/c1-4-19(17(25)26,13-8-6-5-7-9-13)22-15(23)10-14-11-27-18(20-14)21-16(24)12(2)3/h5-9,11-12H,4,10H2,1-3H3,(H,22,23)(H,25,26)(H,20,21,24). The maximum absolute atomic E-state index is 12.5. The number of hydrogen-bond donors (Lipinski definition) is 3. The molecule has 3 N–H and O–H groups in total. The molecule has 1 unspecified atom stereocenters. The van der Waals surface area contributed by atoms with Gasteiger partial charge in [-0.1, -0.05) is 51.1 Å². The van der Waals surface area contributed by atoms with Gasteiger partial charge in [-0.25, -0.2) is 9.78 Å². The number of benzene rings is 1. The van der Waals surface area contributed by atoms with Crippen molar-refractivity contribution in [1.29, 1.82) is 0 Å². The minimum Gasteiger partial charge on any atom is -0.479 e. The molecule has 7 nitrogen and oxygen atoms in total. The van der Waals surface area contributed by atoms with Gasteiger partial charge in [-0.3, -0.25) is 9.59 Å². The van der Waals surface area contributed by atoms with Gasteiger partial charge in [0.25, 0.3) is 0 Å². The van der Waals surface area contributed by atoms with Crippen molar-refractivity contribution in [2.45, 2.75) is 39.2 Å². The van der Waals surface area contributed by atoms with Crippen molar-refractivity contribution in [3.8, 4) is 0 Å². The lowest BCUT2D eigenvalue weighted by Crippen LogP contribution is -2.52. The molecule has 0 bridgehead atoms. The Kier molecular flexibility index (Phi) is 6.68. The van der Waals surface area contributed by atoms with Crippen LogP contribution in [0.4, 0.5) is 5.13 Å². The van der Waals surface area contributed by atoms with E-state index in [1.165, 1.54) is 11.3 Å². The summed E-state index contributed by atoms with van der Waals surface area (Å²) in [6.07, 6.45) is 0.126. The fraction of sp³-hybridized carbons (Fsp3) is 0.368. The predicted octanol–water partition coefficient (Wildman–Crippen LogP) is 2.79. The first-order valence-corrected chi connectivity index (χ1v) is 9.51. The van der Waals surface area contributed by atoms with Gasteiger partial charge in [-0.15, -0.1) is 11.3 Å². The molecule has 2 rings (SSSR count). The molecule has 1 atom stereocenters. The summed E-state index contributed by atoms with van der Waals surface area (Å²) in [5.41, 5.74) is -0.514. The fourth-order valence-electron chi connectivity index (χ4n) is 2.56. The van der Waals surface area contributed by atoms with Gasteiger partial charge in [0.05, 0.1) is 12.1 Å². The molecular weight excluding hydrogens is 366 g/mol. The number of thiazole rings is 1. The third-order valence-electron chi connectivity index (χ3n) is 4.16. The van der Waals surface area contributed by atoms with Gasteiger partial charge in [0, 0.05) is 11.3 Å². The largest absolute Gasteiger partial charge is 0.479 e. The van der Waals surface area contributed by atoms with E-state index >= 15 is 0 Å². The second kappa shape index (κ2) is 8.77. The number of nitrogens with zero attached hydrogens (tertiary/aromatic N) is 1. The fourth-order valence-corrected chi connectivity index (χ4v) is 3.27. The van der Waals surface area contributed by atoms with Crippen LogP contribution < -0.4 is 10.6 Å². The number of carbonyl (C=O) groups is 3. The highest BCUT2D eigenvalue weighted by molar-refractivity contribution is 7.13. The zero-order valence-electron chi connectivity index (χ0n) is 15.5. The normalized spacial score (nSPS) is 13.0. The van der Waals surface area contributed by atoms with Crippen molar-refractivity contribution in [3.05, 3.63) is 47.0 Å². The lowest BCUT2D eigenvalue weighted by molar-refractivity contribution is -0.148. The number of nitrogens with one attached hydrogen (secondary N) is 2. The molecule has 1 aromatic carbocycles. The van der Waals surface area contributed by atoms with Crippen LogP contribution in [0.1, 0.15) is 38.4 Å². The molecule has 0 aliphatic heterocycles. The Labute approximate surface area is 161 Å². The van der Waals surface area contributed by atoms with Crippen molar-refractivity contribution in [2.24, 2.45) is 5.92 Å². The summed E-state index contributed by atoms with van der Waals surface area (Å²) in [6.45, 7) is 5.26. The number of carboxylic acids is 1. The molecule has 2 amide bonds. The molecular formula is C19H23N3O4S. The number of hydrogen-bond acceptors (Lipinski definition) is 5. The summed E-state index contributed by atoms with van der Waals surface area (Å²) in [7, 11) is 0. The number of aromatic nitrogens is 1. The van der Waals surface area contributed by atoms with E-state index in [9.17, 15) is 19.5 Å². The van der Waals surface area contributed by atoms with Gasteiger partial charge < -0.3 is 15.7 Å². The van der Waals surface area contributed by atoms with E-state index in [1.807, 2.05) is 0 Å². The molecule has 0 fully saturated rings. The van der Waals surface area contributed by atoms with Crippen LogP contribution in [0.15, 0.2) is 35.7 Å². The topological polar surface area (TPSA) is 108 Å². The minimum atomic E-state index is -1.50. The first kappa shape index (κ1) is 20.6. The highest BCUT2D eigenvalue weighted by atomic mass is 32.1. The molecule has 8 heteroatoms. The smallest absolute Gasteiger partial charge is 0.334 e. The Hall–Kier alpha value is -2.74. The van der Waals surface area contributed by atoms with Gasteiger partial charge in [0.15, 0.2) is 10.7 Å². The highest BCUT2D eigenvalue weighted by Gasteiger charge is 2.40. The summed E-state index contributed by atoms with van der Waals surface area (Å²) in [6, 6.07) is 8.62. The summed E-state index contributed by atoms with van der Waals surface area (Å²) in [5, 5.41) is 17.2. The maximum Gasteiger partial charge on any atom is 0.334 e. The van der Waals surface area contributed by atoms with Crippen LogP contribution in [0.5, 0.6) is 0 Å². The molecule has 0 radical (unpaired) electrons. The number of carboxylic acid groups (broad SMARTS) is 1. The van der Waals surface area contributed by atoms with E-state index in [-0.39, 0.29) is 24.7 Å². The lowest BCUT2D eigenvalue weighted by Gasteiger charge is -2.30. The molecule has 27 heavy (non-hydrogen) atoms. The van der Waals surface area contributed by atoms with Crippen LogP contribution in [0, 0.1) is 5.92 Å². The second-order valence-electron chi connectivity index (χ2n) is 6.44. The zero-order chi connectivity index (χ0) is 20.0. The second-order valence-corrected chi connectivity index (χ2v) is 7.30. The first-order valence-electron chi connectivity index (χ1n) is 8.63. The van der Waals surface area contributed by atoms with Crippen molar-refractivity contribution >= 4 is 34.3 Å². The molecule has 1 aromatic heterocycles. The van der Waals surface area contributed by atoms with Gasteiger partial charge in [-0.05, 0) is 12.0 Å². The molecule has 0 saturated carbocycles. The van der Waals surface area contributed by atoms with Crippen LogP contribution >= 0.6 is 11.3 Å². The van der Waals surface area contributed by atoms with E-state index in [2.05, 4.69) is 15.6 Å². The lowest BCUT2D eigenvalue weighted by atomic mass is 9.87. The predicted molar refractivity (Wildman–Crippen MR) is 103 cm³/mol. The van der Waals surface area contributed by atoms with Crippen molar-refractivity contribution in [3.63, 3.8) is 0 Å². The van der Waals surface area contributed by atoms with Crippen LogP contribution in [0.2, 0.25) is 0 Å². The number of carbonyl (C=O) groups excluding carboxylic acids is 2. The Morgan fingerprint density at radius 3 is 2.44 bits per heavy atom. The monoisotopic (exact) mass is 389 g/mol. The van der Waals surface area contributed by atoms with Crippen molar-refractivity contribution < 1.29 is 19.5 Å². The summed E-state index contributed by atoms with van der Waals surface area (Å²) >= 11 is 1.22. The summed E-state index contributed by atoms with van der Waals surface area (Å²) in [4.78, 5) is 40.4. The first-order chi connectivity index (χ1) is 12.8. The maximum atomic E-state index is 12.5. The van der Waals surface area contributed by atoms with Gasteiger partial charge in [0.1, 0.15) is 0 Å². The molecule has 2 aromatic rings. The van der Waals surface area contributed by atoms with Gasteiger partial charge in [-0.2, -0.15) is 0 Å². The van der Waals surface area contributed by atoms with Crippen molar-refractivity contribution in [1.82, 2.24) is 10.3 Å². The Balaban J connectivity index is 2.12. The van der Waals surface area contributed by atoms with Crippen LogP contribution in [0.3, 0.4) is 0 Å². The quantitative estimate of drug-likeness (QED) is 0.643. The SMILES string of the molecule is CCC(NC(=O)Cc1csc(NC(=O)C(C)C)n1)(C(=O)O)c1ccccc1. The third-order valence-corrected chi connectivity index (χ3v) is 4.97. The number of anilines is 1. The van der Waals surface area contributed by atoms with Gasteiger partial charge >= 0.3 is 5.97 Å². The minimum absolute atomic E-state index is 0.0735.